The molecular weight excluding hydrogens is 433 g/mol. The summed E-state index contributed by atoms with van der Waals surface area (Å²) < 4.78 is 40.1. The SMILES string of the molecule is O=C(Cc1ccc(NS(=O)(=O)c2ccc(F)cc2)cc1)NCCNC(=O)c1ccccc1. The maximum Gasteiger partial charge on any atom is 0.261 e. The van der Waals surface area contributed by atoms with Crippen LogP contribution in [0, 0.1) is 5.82 Å². The Morgan fingerprint density at radius 2 is 1.41 bits per heavy atom. The van der Waals surface area contributed by atoms with Crippen molar-refractivity contribution in [2.24, 2.45) is 0 Å². The predicted octanol–water partition coefficient (Wildman–Crippen LogP) is 2.72. The van der Waals surface area contributed by atoms with Gasteiger partial charge in [-0.05, 0) is 54.1 Å². The van der Waals surface area contributed by atoms with Gasteiger partial charge in [-0.1, -0.05) is 30.3 Å². The number of halogens is 1. The number of benzene rings is 3. The molecule has 0 saturated carbocycles. The van der Waals surface area contributed by atoms with Crippen molar-refractivity contribution in [1.29, 1.82) is 0 Å². The molecule has 3 rings (SSSR count). The summed E-state index contributed by atoms with van der Waals surface area (Å²) in [6, 6.07) is 19.7. The first-order chi connectivity index (χ1) is 15.3. The van der Waals surface area contributed by atoms with Crippen LogP contribution in [-0.4, -0.2) is 33.3 Å². The van der Waals surface area contributed by atoms with Crippen LogP contribution < -0.4 is 15.4 Å². The Morgan fingerprint density at radius 3 is 2.06 bits per heavy atom. The molecule has 0 saturated heterocycles. The van der Waals surface area contributed by atoms with Crippen LogP contribution in [0.25, 0.3) is 0 Å². The van der Waals surface area contributed by atoms with E-state index in [1.165, 1.54) is 12.1 Å². The number of hydrogen-bond donors (Lipinski definition) is 3. The number of amides is 2. The highest BCUT2D eigenvalue weighted by Crippen LogP contribution is 2.17. The van der Waals surface area contributed by atoms with Crippen molar-refractivity contribution in [1.82, 2.24) is 10.6 Å². The minimum Gasteiger partial charge on any atom is -0.354 e. The fraction of sp³-hybridized carbons (Fsp3) is 0.130. The molecule has 9 heteroatoms. The van der Waals surface area contributed by atoms with E-state index in [0.717, 1.165) is 12.1 Å². The van der Waals surface area contributed by atoms with E-state index < -0.39 is 15.8 Å². The molecule has 0 unspecified atom stereocenters. The van der Waals surface area contributed by atoms with E-state index in [1.807, 2.05) is 6.07 Å². The van der Waals surface area contributed by atoms with Crippen molar-refractivity contribution < 1.29 is 22.4 Å². The van der Waals surface area contributed by atoms with Crippen molar-refractivity contribution in [2.75, 3.05) is 17.8 Å². The first kappa shape index (κ1) is 23.0. The first-order valence-electron chi connectivity index (χ1n) is 9.81. The van der Waals surface area contributed by atoms with Crippen molar-refractivity contribution in [3.8, 4) is 0 Å². The third-order valence-corrected chi connectivity index (χ3v) is 5.86. The molecule has 0 aliphatic rings. The highest BCUT2D eigenvalue weighted by Gasteiger charge is 2.14. The molecule has 0 aliphatic heterocycles. The topological polar surface area (TPSA) is 104 Å². The van der Waals surface area contributed by atoms with Crippen LogP contribution in [0.3, 0.4) is 0 Å². The van der Waals surface area contributed by atoms with Crippen molar-refractivity contribution >= 4 is 27.5 Å². The van der Waals surface area contributed by atoms with Gasteiger partial charge in [0.1, 0.15) is 5.82 Å². The van der Waals surface area contributed by atoms with E-state index >= 15 is 0 Å². The Morgan fingerprint density at radius 1 is 0.781 bits per heavy atom. The van der Waals surface area contributed by atoms with E-state index in [9.17, 15) is 22.4 Å². The number of sulfonamides is 1. The molecule has 0 radical (unpaired) electrons. The zero-order chi connectivity index (χ0) is 23.0. The summed E-state index contributed by atoms with van der Waals surface area (Å²) in [6.45, 7) is 0.580. The molecule has 32 heavy (non-hydrogen) atoms. The Kier molecular flexibility index (Phi) is 7.56. The summed E-state index contributed by atoms with van der Waals surface area (Å²) in [5.74, 6) is -0.956. The van der Waals surface area contributed by atoms with E-state index in [0.29, 0.717) is 23.4 Å². The molecule has 0 fully saturated rings. The lowest BCUT2D eigenvalue weighted by atomic mass is 10.1. The molecule has 2 amide bonds. The molecule has 3 aromatic rings. The summed E-state index contributed by atoms with van der Waals surface area (Å²) in [5, 5.41) is 5.45. The van der Waals surface area contributed by atoms with Crippen LogP contribution in [0.4, 0.5) is 10.1 Å². The summed E-state index contributed by atoms with van der Waals surface area (Å²) in [5.41, 5.74) is 1.57. The van der Waals surface area contributed by atoms with Gasteiger partial charge in [-0.2, -0.15) is 0 Å². The minimum atomic E-state index is -3.84. The van der Waals surface area contributed by atoms with E-state index in [1.54, 1.807) is 48.5 Å². The van der Waals surface area contributed by atoms with Crippen LogP contribution in [0.5, 0.6) is 0 Å². The predicted molar refractivity (Wildman–Crippen MR) is 119 cm³/mol. The van der Waals surface area contributed by atoms with Gasteiger partial charge in [-0.25, -0.2) is 12.8 Å². The molecule has 3 aromatic carbocycles. The van der Waals surface area contributed by atoms with E-state index in [4.69, 9.17) is 0 Å². The van der Waals surface area contributed by atoms with Crippen LogP contribution in [0.15, 0.2) is 83.8 Å². The average molecular weight is 456 g/mol. The second-order valence-electron chi connectivity index (χ2n) is 6.90. The summed E-state index contributed by atoms with van der Waals surface area (Å²) in [6.07, 6.45) is 0.109. The minimum absolute atomic E-state index is 0.0540. The highest BCUT2D eigenvalue weighted by atomic mass is 32.2. The quantitative estimate of drug-likeness (QED) is 0.432. The van der Waals surface area contributed by atoms with Gasteiger partial charge in [-0.15, -0.1) is 0 Å². The van der Waals surface area contributed by atoms with E-state index in [2.05, 4.69) is 15.4 Å². The normalized spacial score (nSPS) is 10.9. The van der Waals surface area contributed by atoms with Gasteiger partial charge < -0.3 is 10.6 Å². The molecule has 0 aliphatic carbocycles. The van der Waals surface area contributed by atoms with Crippen molar-refractivity contribution in [3.05, 3.63) is 95.8 Å². The second kappa shape index (κ2) is 10.5. The van der Waals surface area contributed by atoms with Crippen LogP contribution in [-0.2, 0) is 21.2 Å². The standard InChI is InChI=1S/C23H22FN3O4S/c24-19-8-12-21(13-9-19)32(30,31)27-20-10-6-17(7-11-20)16-22(28)25-14-15-26-23(29)18-4-2-1-3-5-18/h1-13,27H,14-16H2,(H,25,28)(H,26,29). The Hall–Kier alpha value is -3.72. The largest absolute Gasteiger partial charge is 0.354 e. The van der Waals surface area contributed by atoms with Gasteiger partial charge in [0.15, 0.2) is 0 Å². The number of nitrogens with one attached hydrogen (secondary N) is 3. The van der Waals surface area contributed by atoms with Gasteiger partial charge >= 0.3 is 0 Å². The maximum absolute atomic E-state index is 13.0. The second-order valence-corrected chi connectivity index (χ2v) is 8.59. The molecule has 7 nitrogen and oxygen atoms in total. The average Bonchev–Trinajstić information content (AvgIpc) is 2.78. The number of anilines is 1. The van der Waals surface area contributed by atoms with Gasteiger partial charge in [0, 0.05) is 24.3 Å². The van der Waals surface area contributed by atoms with Crippen molar-refractivity contribution in [3.63, 3.8) is 0 Å². The third-order valence-electron chi connectivity index (χ3n) is 4.46. The van der Waals surface area contributed by atoms with Crippen molar-refractivity contribution in [2.45, 2.75) is 11.3 Å². The fourth-order valence-corrected chi connectivity index (χ4v) is 3.89. The van der Waals surface area contributed by atoms with E-state index in [-0.39, 0.29) is 29.7 Å². The maximum atomic E-state index is 13.0. The molecular formula is C23H22FN3O4S. The highest BCUT2D eigenvalue weighted by molar-refractivity contribution is 7.92. The molecule has 0 aromatic heterocycles. The van der Waals surface area contributed by atoms with Crippen LogP contribution >= 0.6 is 0 Å². The monoisotopic (exact) mass is 455 g/mol. The Balaban J connectivity index is 1.44. The fourth-order valence-electron chi connectivity index (χ4n) is 2.84. The third kappa shape index (κ3) is 6.64. The zero-order valence-corrected chi connectivity index (χ0v) is 17.9. The van der Waals surface area contributed by atoms with Gasteiger partial charge in [0.05, 0.1) is 11.3 Å². The molecule has 166 valence electrons. The lowest BCUT2D eigenvalue weighted by molar-refractivity contribution is -0.120. The Bertz CT molecular complexity index is 1170. The van der Waals surface area contributed by atoms with Crippen LogP contribution in [0.1, 0.15) is 15.9 Å². The molecule has 0 atom stereocenters. The number of carbonyl (C=O) groups is 2. The van der Waals surface area contributed by atoms with Gasteiger partial charge in [0.2, 0.25) is 5.91 Å². The van der Waals surface area contributed by atoms with Crippen LogP contribution in [0.2, 0.25) is 0 Å². The lowest BCUT2D eigenvalue weighted by Gasteiger charge is -2.10. The summed E-state index contributed by atoms with van der Waals surface area (Å²) >= 11 is 0. The number of carbonyl (C=O) groups excluding carboxylic acids is 2. The molecule has 0 bridgehead atoms. The molecule has 3 N–H and O–H groups in total. The lowest BCUT2D eigenvalue weighted by Crippen LogP contribution is -2.35. The number of hydrogen-bond acceptors (Lipinski definition) is 4. The molecule has 0 spiro atoms. The smallest absolute Gasteiger partial charge is 0.261 e. The Labute approximate surface area is 185 Å². The zero-order valence-electron chi connectivity index (χ0n) is 17.0. The summed E-state index contributed by atoms with van der Waals surface area (Å²) in [7, 11) is -3.84. The first-order valence-corrected chi connectivity index (χ1v) is 11.3. The summed E-state index contributed by atoms with van der Waals surface area (Å²) in [4.78, 5) is 24.0. The van der Waals surface area contributed by atoms with Gasteiger partial charge in [-0.3, -0.25) is 14.3 Å². The molecule has 0 heterocycles. The number of rotatable bonds is 9. The van der Waals surface area contributed by atoms with Gasteiger partial charge in [0.25, 0.3) is 15.9 Å².